The van der Waals surface area contributed by atoms with Crippen LogP contribution in [0.15, 0.2) is 0 Å². The standard InChI is InChI=1S/C12H22N2OS/c1-6-15-12(4,5)8-13-7-11-9(2)14-10(3)16-11/h13H,6-8H2,1-5H3. The van der Waals surface area contributed by atoms with Crippen LogP contribution in [0.1, 0.15) is 36.3 Å². The molecule has 0 bridgehead atoms. The smallest absolute Gasteiger partial charge is 0.0900 e. The molecule has 4 heteroatoms. The summed E-state index contributed by atoms with van der Waals surface area (Å²) in [6, 6.07) is 0. The molecule has 0 aromatic carbocycles. The fourth-order valence-corrected chi connectivity index (χ4v) is 2.56. The summed E-state index contributed by atoms with van der Waals surface area (Å²) in [4.78, 5) is 5.73. The molecule has 0 aliphatic rings. The number of thiazole rings is 1. The Morgan fingerprint density at radius 2 is 2.06 bits per heavy atom. The number of nitrogens with zero attached hydrogens (tertiary/aromatic N) is 1. The van der Waals surface area contributed by atoms with Crippen LogP contribution in [0.2, 0.25) is 0 Å². The molecule has 0 radical (unpaired) electrons. The van der Waals surface area contributed by atoms with E-state index >= 15 is 0 Å². The predicted octanol–water partition coefficient (Wildman–Crippen LogP) is 2.66. The van der Waals surface area contributed by atoms with Gasteiger partial charge in [-0.05, 0) is 34.6 Å². The van der Waals surface area contributed by atoms with Crippen LogP contribution >= 0.6 is 11.3 Å². The summed E-state index contributed by atoms with van der Waals surface area (Å²) in [5.41, 5.74) is 1.05. The molecule has 1 aromatic rings. The highest BCUT2D eigenvalue weighted by molar-refractivity contribution is 7.11. The Balaban J connectivity index is 2.38. The van der Waals surface area contributed by atoms with Gasteiger partial charge in [0.1, 0.15) is 0 Å². The molecule has 16 heavy (non-hydrogen) atoms. The van der Waals surface area contributed by atoms with Crippen molar-refractivity contribution in [3.63, 3.8) is 0 Å². The minimum absolute atomic E-state index is 0.0949. The number of hydrogen-bond donors (Lipinski definition) is 1. The van der Waals surface area contributed by atoms with Gasteiger partial charge in [0, 0.05) is 24.6 Å². The lowest BCUT2D eigenvalue weighted by Crippen LogP contribution is -2.37. The zero-order chi connectivity index (χ0) is 12.2. The highest BCUT2D eigenvalue weighted by Gasteiger charge is 2.17. The third kappa shape index (κ3) is 4.20. The molecule has 1 rings (SSSR count). The van der Waals surface area contributed by atoms with Crippen LogP contribution in [0.25, 0.3) is 0 Å². The normalized spacial score (nSPS) is 12.1. The molecule has 1 heterocycles. The predicted molar refractivity (Wildman–Crippen MR) is 69.0 cm³/mol. The fraction of sp³-hybridized carbons (Fsp3) is 0.750. The van der Waals surface area contributed by atoms with Crippen LogP contribution in [0, 0.1) is 13.8 Å². The second-order valence-electron chi connectivity index (χ2n) is 4.54. The van der Waals surface area contributed by atoms with Crippen molar-refractivity contribution in [2.75, 3.05) is 13.2 Å². The molecule has 0 aliphatic heterocycles. The highest BCUT2D eigenvalue weighted by atomic mass is 32.1. The number of nitrogens with one attached hydrogen (secondary N) is 1. The quantitative estimate of drug-likeness (QED) is 0.833. The average molecular weight is 242 g/mol. The van der Waals surface area contributed by atoms with Crippen molar-refractivity contribution in [2.45, 2.75) is 46.8 Å². The number of hydrogen-bond acceptors (Lipinski definition) is 4. The Morgan fingerprint density at radius 1 is 1.38 bits per heavy atom. The van der Waals surface area contributed by atoms with Crippen LogP contribution in [0.3, 0.4) is 0 Å². The molecule has 0 atom stereocenters. The Hall–Kier alpha value is -0.450. The lowest BCUT2D eigenvalue weighted by molar-refractivity contribution is -0.00894. The second-order valence-corrected chi connectivity index (χ2v) is 5.83. The third-order valence-electron chi connectivity index (χ3n) is 2.37. The van der Waals surface area contributed by atoms with E-state index in [2.05, 4.69) is 31.1 Å². The molecular weight excluding hydrogens is 220 g/mol. The van der Waals surface area contributed by atoms with E-state index in [1.807, 2.05) is 13.8 Å². The molecular formula is C12H22N2OS. The molecule has 0 saturated carbocycles. The summed E-state index contributed by atoms with van der Waals surface area (Å²) in [5, 5.41) is 4.56. The van der Waals surface area contributed by atoms with E-state index in [-0.39, 0.29) is 5.60 Å². The van der Waals surface area contributed by atoms with Gasteiger partial charge in [0.25, 0.3) is 0 Å². The number of ether oxygens (including phenoxy) is 1. The summed E-state index contributed by atoms with van der Waals surface area (Å²) in [7, 11) is 0. The Bertz CT molecular complexity index is 334. The van der Waals surface area contributed by atoms with E-state index < -0.39 is 0 Å². The summed E-state index contributed by atoms with van der Waals surface area (Å²) < 4.78 is 5.63. The number of aryl methyl sites for hydroxylation is 2. The molecule has 0 amide bonds. The lowest BCUT2D eigenvalue weighted by Gasteiger charge is -2.24. The van der Waals surface area contributed by atoms with Gasteiger partial charge in [-0.15, -0.1) is 11.3 Å². The van der Waals surface area contributed by atoms with Gasteiger partial charge in [-0.25, -0.2) is 4.98 Å². The van der Waals surface area contributed by atoms with Crippen molar-refractivity contribution in [3.8, 4) is 0 Å². The zero-order valence-corrected chi connectivity index (χ0v) is 11.7. The first-order valence-electron chi connectivity index (χ1n) is 5.72. The number of aromatic nitrogens is 1. The molecule has 0 aliphatic carbocycles. The van der Waals surface area contributed by atoms with Crippen molar-refractivity contribution in [2.24, 2.45) is 0 Å². The molecule has 0 unspecified atom stereocenters. The van der Waals surface area contributed by atoms with Crippen LogP contribution in [0.5, 0.6) is 0 Å². The zero-order valence-electron chi connectivity index (χ0n) is 10.9. The van der Waals surface area contributed by atoms with E-state index in [1.165, 1.54) is 4.88 Å². The summed E-state index contributed by atoms with van der Waals surface area (Å²) in [6.07, 6.45) is 0. The Labute approximate surface area is 102 Å². The third-order valence-corrected chi connectivity index (χ3v) is 3.44. The van der Waals surface area contributed by atoms with Crippen molar-refractivity contribution in [1.82, 2.24) is 10.3 Å². The van der Waals surface area contributed by atoms with Crippen molar-refractivity contribution in [1.29, 1.82) is 0 Å². The fourth-order valence-electron chi connectivity index (χ4n) is 1.66. The molecule has 0 fully saturated rings. The van der Waals surface area contributed by atoms with Gasteiger partial charge >= 0.3 is 0 Å². The van der Waals surface area contributed by atoms with Gasteiger partial charge in [-0.2, -0.15) is 0 Å². The van der Waals surface area contributed by atoms with Gasteiger partial charge in [0.05, 0.1) is 16.3 Å². The van der Waals surface area contributed by atoms with Gasteiger partial charge in [-0.1, -0.05) is 0 Å². The number of rotatable bonds is 6. The molecule has 1 N–H and O–H groups in total. The maximum absolute atomic E-state index is 5.63. The lowest BCUT2D eigenvalue weighted by atomic mass is 10.1. The van der Waals surface area contributed by atoms with E-state index in [0.717, 1.165) is 30.4 Å². The highest BCUT2D eigenvalue weighted by Crippen LogP contribution is 2.17. The average Bonchev–Trinajstić information content (AvgIpc) is 2.44. The largest absolute Gasteiger partial charge is 0.375 e. The molecule has 0 spiro atoms. The summed E-state index contributed by atoms with van der Waals surface area (Å²) >= 11 is 1.76. The first-order valence-corrected chi connectivity index (χ1v) is 6.54. The first-order chi connectivity index (χ1) is 7.44. The van der Waals surface area contributed by atoms with Gasteiger partial charge in [-0.3, -0.25) is 0 Å². The maximum Gasteiger partial charge on any atom is 0.0900 e. The maximum atomic E-state index is 5.63. The van der Waals surface area contributed by atoms with E-state index in [1.54, 1.807) is 11.3 Å². The van der Waals surface area contributed by atoms with Crippen LogP contribution in [-0.4, -0.2) is 23.7 Å². The first kappa shape index (κ1) is 13.6. The van der Waals surface area contributed by atoms with E-state index in [4.69, 9.17) is 4.74 Å². The van der Waals surface area contributed by atoms with Crippen LogP contribution in [0.4, 0.5) is 0 Å². The van der Waals surface area contributed by atoms with Crippen molar-refractivity contribution in [3.05, 3.63) is 15.6 Å². The Kier molecular flexibility index (Phi) is 4.89. The van der Waals surface area contributed by atoms with Gasteiger partial charge < -0.3 is 10.1 Å². The second kappa shape index (κ2) is 5.75. The Morgan fingerprint density at radius 3 is 2.56 bits per heavy atom. The van der Waals surface area contributed by atoms with E-state index in [0.29, 0.717) is 0 Å². The van der Waals surface area contributed by atoms with E-state index in [9.17, 15) is 0 Å². The summed E-state index contributed by atoms with van der Waals surface area (Å²) in [6.45, 7) is 12.8. The van der Waals surface area contributed by atoms with Crippen molar-refractivity contribution < 1.29 is 4.74 Å². The molecule has 92 valence electrons. The molecule has 1 aromatic heterocycles. The minimum atomic E-state index is -0.0949. The monoisotopic (exact) mass is 242 g/mol. The molecule has 0 saturated heterocycles. The van der Waals surface area contributed by atoms with Gasteiger partial charge in [0.2, 0.25) is 0 Å². The minimum Gasteiger partial charge on any atom is -0.375 e. The van der Waals surface area contributed by atoms with Crippen LogP contribution < -0.4 is 5.32 Å². The summed E-state index contributed by atoms with van der Waals surface area (Å²) in [5.74, 6) is 0. The topological polar surface area (TPSA) is 34.1 Å². The van der Waals surface area contributed by atoms with Crippen molar-refractivity contribution >= 4 is 11.3 Å². The SMILES string of the molecule is CCOC(C)(C)CNCc1sc(C)nc1C. The van der Waals surface area contributed by atoms with Crippen LogP contribution in [-0.2, 0) is 11.3 Å². The molecule has 3 nitrogen and oxygen atoms in total. The van der Waals surface area contributed by atoms with Gasteiger partial charge in [0.15, 0.2) is 0 Å².